The number of hydrogen-bond donors (Lipinski definition) is 4. The van der Waals surface area contributed by atoms with Crippen molar-refractivity contribution in [2.24, 2.45) is 0 Å². The third kappa shape index (κ3) is 19.8. The summed E-state index contributed by atoms with van der Waals surface area (Å²) >= 11 is 12.8. The van der Waals surface area contributed by atoms with Gasteiger partial charge in [-0.25, -0.2) is 21.6 Å². The van der Waals surface area contributed by atoms with Crippen LogP contribution in [0.5, 0.6) is 0 Å². The standard InChI is InChI=1S/C39H59Cl2N3O14S2/c1-44-27-33(32-25-30(40)26-35(41)34(32)28-44)29-6-3-7-31(24-29)60(51,52)43-10-14-56-18-22-58-21-17-55-13-9-42-39(48)38(47)37(46)36(45)8-4-11-53-15-19-57-20-16-54-12-5-23-59(2,49)50/h3,6-7,24-26,33,37-38,43,46-47H,4-5,8-23,27-28H2,1-2H3,(H,42,48)/t33-,37-,38+/m0/s1. The number of aliphatic hydroxyl groups excluding tert-OH is 2. The second kappa shape index (κ2) is 27.7. The average Bonchev–Trinajstić information content (AvgIpc) is 3.20. The van der Waals surface area contributed by atoms with Crippen molar-refractivity contribution in [3.63, 3.8) is 0 Å². The Morgan fingerprint density at radius 2 is 1.35 bits per heavy atom. The van der Waals surface area contributed by atoms with Gasteiger partial charge in [-0.05, 0) is 60.8 Å². The van der Waals surface area contributed by atoms with Crippen molar-refractivity contribution < 1.29 is 65.1 Å². The topological polar surface area (TPSA) is 226 Å². The third-order valence-electron chi connectivity index (χ3n) is 9.05. The monoisotopic (exact) mass is 927 g/mol. The van der Waals surface area contributed by atoms with Crippen LogP contribution in [-0.2, 0) is 64.4 Å². The Bertz CT molecular complexity index is 1840. The molecule has 340 valence electrons. The molecule has 2 aromatic carbocycles. The summed E-state index contributed by atoms with van der Waals surface area (Å²) in [4.78, 5) is 26.6. The van der Waals surface area contributed by atoms with Crippen molar-refractivity contribution in [1.82, 2.24) is 14.9 Å². The number of aliphatic hydroxyl groups is 2. The maximum Gasteiger partial charge on any atom is 0.252 e. The summed E-state index contributed by atoms with van der Waals surface area (Å²) in [6.07, 6.45) is -2.04. The van der Waals surface area contributed by atoms with Gasteiger partial charge in [0.1, 0.15) is 15.9 Å². The lowest BCUT2D eigenvalue weighted by atomic mass is 9.85. The van der Waals surface area contributed by atoms with E-state index >= 15 is 0 Å². The first kappa shape index (κ1) is 52.0. The number of ether oxygens (including phenoxy) is 6. The summed E-state index contributed by atoms with van der Waals surface area (Å²) in [6.45, 7) is 4.35. The van der Waals surface area contributed by atoms with Crippen molar-refractivity contribution in [2.75, 3.05) is 118 Å². The van der Waals surface area contributed by atoms with Gasteiger partial charge in [-0.15, -0.1) is 0 Å². The number of halogens is 2. The number of amides is 1. The molecule has 0 fully saturated rings. The van der Waals surface area contributed by atoms with Crippen molar-refractivity contribution >= 4 is 54.8 Å². The minimum absolute atomic E-state index is 0.0287. The lowest BCUT2D eigenvalue weighted by molar-refractivity contribution is -0.145. The van der Waals surface area contributed by atoms with Gasteiger partial charge in [-0.1, -0.05) is 35.3 Å². The molecule has 0 aliphatic carbocycles. The molecular weight excluding hydrogens is 869 g/mol. The number of benzene rings is 2. The normalized spacial score (nSPS) is 15.7. The Morgan fingerprint density at radius 3 is 1.97 bits per heavy atom. The summed E-state index contributed by atoms with van der Waals surface area (Å²) < 4.78 is 83.1. The minimum Gasteiger partial charge on any atom is -0.382 e. The first-order valence-electron chi connectivity index (χ1n) is 19.7. The molecule has 0 saturated heterocycles. The van der Waals surface area contributed by atoms with Gasteiger partial charge < -0.3 is 48.9 Å². The van der Waals surface area contributed by atoms with Gasteiger partial charge in [-0.2, -0.15) is 0 Å². The Hall–Kier alpha value is -2.34. The van der Waals surface area contributed by atoms with E-state index in [4.69, 9.17) is 51.6 Å². The molecule has 1 aliphatic rings. The Balaban J connectivity index is 1.16. The largest absolute Gasteiger partial charge is 0.382 e. The lowest BCUT2D eigenvalue weighted by Crippen LogP contribution is -2.46. The summed E-state index contributed by atoms with van der Waals surface area (Å²) in [5, 5.41) is 23.7. The molecule has 1 heterocycles. The highest BCUT2D eigenvalue weighted by atomic mass is 35.5. The number of sulfone groups is 1. The van der Waals surface area contributed by atoms with Crippen molar-refractivity contribution in [3.05, 3.63) is 63.1 Å². The summed E-state index contributed by atoms with van der Waals surface area (Å²) in [6, 6.07) is 10.5. The maximum atomic E-state index is 13.1. The first-order valence-corrected chi connectivity index (χ1v) is 24.0. The molecule has 17 nitrogen and oxygen atoms in total. The molecule has 0 radical (unpaired) electrons. The third-order valence-corrected chi connectivity index (χ3v) is 12.1. The number of nitrogens with one attached hydrogen (secondary N) is 2. The number of hydrogen-bond acceptors (Lipinski definition) is 15. The molecule has 1 amide bonds. The smallest absolute Gasteiger partial charge is 0.252 e. The van der Waals surface area contributed by atoms with Gasteiger partial charge in [0.15, 0.2) is 11.9 Å². The van der Waals surface area contributed by atoms with Crippen molar-refractivity contribution in [1.29, 1.82) is 0 Å². The summed E-state index contributed by atoms with van der Waals surface area (Å²) in [5.41, 5.74) is 2.81. The van der Waals surface area contributed by atoms with E-state index in [0.29, 0.717) is 56.0 Å². The van der Waals surface area contributed by atoms with E-state index in [1.165, 1.54) is 6.26 Å². The Kier molecular flexibility index (Phi) is 24.0. The van der Waals surface area contributed by atoms with Crippen LogP contribution in [0.25, 0.3) is 0 Å². The second-order valence-electron chi connectivity index (χ2n) is 14.1. The van der Waals surface area contributed by atoms with Gasteiger partial charge in [0.05, 0.1) is 76.7 Å². The zero-order valence-corrected chi connectivity index (χ0v) is 37.3. The van der Waals surface area contributed by atoms with E-state index in [2.05, 4.69) is 14.9 Å². The molecule has 0 aromatic heterocycles. The molecule has 0 bridgehead atoms. The van der Waals surface area contributed by atoms with E-state index in [9.17, 15) is 36.6 Å². The number of sulfonamides is 1. The molecule has 60 heavy (non-hydrogen) atoms. The molecule has 2 aromatic rings. The van der Waals surface area contributed by atoms with Crippen molar-refractivity contribution in [3.8, 4) is 0 Å². The van der Waals surface area contributed by atoms with E-state index in [1.54, 1.807) is 24.3 Å². The van der Waals surface area contributed by atoms with Crippen LogP contribution < -0.4 is 10.0 Å². The van der Waals surface area contributed by atoms with Crippen LogP contribution >= 0.6 is 23.2 Å². The van der Waals surface area contributed by atoms with Crippen molar-refractivity contribution in [2.45, 2.75) is 48.8 Å². The van der Waals surface area contributed by atoms with Crippen LogP contribution in [0, 0.1) is 0 Å². The molecule has 3 rings (SSSR count). The fraction of sp³-hybridized carbons (Fsp3) is 0.641. The highest BCUT2D eigenvalue weighted by molar-refractivity contribution is 7.90. The van der Waals surface area contributed by atoms with Gasteiger partial charge in [0.25, 0.3) is 5.91 Å². The zero-order chi connectivity index (χ0) is 44.0. The maximum absolute atomic E-state index is 13.1. The van der Waals surface area contributed by atoms with E-state index < -0.39 is 43.8 Å². The highest BCUT2D eigenvalue weighted by Gasteiger charge is 2.30. The second-order valence-corrected chi connectivity index (χ2v) is 19.0. The Morgan fingerprint density at radius 1 is 0.783 bits per heavy atom. The van der Waals surface area contributed by atoms with Crippen LogP contribution in [0.2, 0.25) is 10.0 Å². The lowest BCUT2D eigenvalue weighted by Gasteiger charge is -2.33. The van der Waals surface area contributed by atoms with Crippen LogP contribution in [0.3, 0.4) is 0 Å². The molecule has 1 aliphatic heterocycles. The van der Waals surface area contributed by atoms with Crippen LogP contribution in [0.15, 0.2) is 41.3 Å². The first-order chi connectivity index (χ1) is 28.6. The zero-order valence-electron chi connectivity index (χ0n) is 34.2. The molecular formula is C39H59Cl2N3O14S2. The van der Waals surface area contributed by atoms with E-state index in [-0.39, 0.29) is 95.4 Å². The molecule has 0 saturated carbocycles. The van der Waals surface area contributed by atoms with Gasteiger partial charge >= 0.3 is 0 Å². The number of ketones is 1. The number of rotatable bonds is 32. The van der Waals surface area contributed by atoms with Gasteiger partial charge in [-0.3, -0.25) is 9.59 Å². The minimum atomic E-state index is -3.80. The highest BCUT2D eigenvalue weighted by Crippen LogP contribution is 2.38. The predicted molar refractivity (Wildman–Crippen MR) is 225 cm³/mol. The number of fused-ring (bicyclic) bond motifs is 1. The number of nitrogens with zero attached hydrogens (tertiary/aromatic N) is 1. The fourth-order valence-corrected chi connectivity index (χ4v) is 8.31. The summed E-state index contributed by atoms with van der Waals surface area (Å²) in [7, 11) is -4.81. The van der Waals surface area contributed by atoms with Gasteiger partial charge in [0.2, 0.25) is 10.0 Å². The number of likely N-dealkylation sites (N-methyl/N-ethyl adjacent to an activating group) is 1. The molecule has 3 atom stereocenters. The van der Waals surface area contributed by atoms with E-state index in [0.717, 1.165) is 16.7 Å². The molecule has 0 unspecified atom stereocenters. The molecule has 0 spiro atoms. The molecule has 4 N–H and O–H groups in total. The number of carbonyl (C=O) groups excluding carboxylic acids is 2. The van der Waals surface area contributed by atoms with Crippen LogP contribution in [0.1, 0.15) is 41.9 Å². The summed E-state index contributed by atoms with van der Waals surface area (Å²) in [5.74, 6) is -1.63. The average molecular weight is 929 g/mol. The fourth-order valence-electron chi connectivity index (χ4n) is 6.03. The predicted octanol–water partition coefficient (Wildman–Crippen LogP) is 1.57. The molecule has 21 heteroatoms. The SMILES string of the molecule is CN1Cc2c(Cl)cc(Cl)cc2[C@H](c2cccc(S(=O)(=O)NCCOCCOCCOCCNC(=O)[C@H](O)[C@@H](O)C(=O)CCCOCCOCCOCCCS(C)(=O)=O)c2)C1. The van der Waals surface area contributed by atoms with Crippen LogP contribution in [-0.4, -0.2) is 174 Å². The van der Waals surface area contributed by atoms with Crippen LogP contribution in [0.4, 0.5) is 0 Å². The Labute approximate surface area is 363 Å². The quantitative estimate of drug-likeness (QED) is 0.0765. The van der Waals surface area contributed by atoms with E-state index in [1.807, 2.05) is 19.2 Å². The number of carbonyl (C=O) groups is 2. The number of Topliss-reactive ketones (excluding diaryl/α,β-unsaturated/α-hetero) is 1. The van der Waals surface area contributed by atoms with Gasteiger partial charge in [0, 0.05) is 68.0 Å².